The van der Waals surface area contributed by atoms with Gasteiger partial charge in [-0.2, -0.15) is 4.98 Å². The average Bonchev–Trinajstić information content (AvgIpc) is 3.33. The average molecular weight is 366 g/mol. The fraction of sp³-hybridized carbons (Fsp3) is 0.833. The number of carbonyl (C=O) groups excluding carboxylic acids is 1. The lowest BCUT2D eigenvalue weighted by Gasteiger charge is -2.40. The normalized spacial score (nSPS) is 19.5. The van der Waals surface area contributed by atoms with Crippen molar-refractivity contribution in [2.45, 2.75) is 50.5 Å². The number of rotatable bonds is 9. The molecule has 146 valence electrons. The van der Waals surface area contributed by atoms with Gasteiger partial charge >= 0.3 is 6.03 Å². The van der Waals surface area contributed by atoms with Crippen molar-refractivity contribution in [3.05, 3.63) is 11.7 Å². The third-order valence-electron chi connectivity index (χ3n) is 5.40. The zero-order valence-corrected chi connectivity index (χ0v) is 15.8. The molecule has 1 saturated carbocycles. The Balaban J connectivity index is 1.59. The second-order valence-electron chi connectivity index (χ2n) is 7.44. The summed E-state index contributed by atoms with van der Waals surface area (Å²) in [7, 11) is 3.29. The molecule has 2 amide bonds. The van der Waals surface area contributed by atoms with Gasteiger partial charge in [0, 0.05) is 45.9 Å². The molecule has 0 aromatic carbocycles. The predicted molar refractivity (Wildman–Crippen MR) is 94.7 cm³/mol. The number of aromatic nitrogens is 2. The van der Waals surface area contributed by atoms with Gasteiger partial charge in [-0.15, -0.1) is 0 Å². The van der Waals surface area contributed by atoms with Crippen LogP contribution in [-0.2, 0) is 21.5 Å². The van der Waals surface area contributed by atoms with Crippen molar-refractivity contribution in [1.82, 2.24) is 20.4 Å². The number of nitrogens with one attached hydrogen (secondary N) is 1. The molecule has 0 radical (unpaired) electrons. The first-order valence-electron chi connectivity index (χ1n) is 9.50. The molecule has 3 rings (SSSR count). The SMILES string of the molecule is COCCCNC(=O)N1CCC(CC2CC2)(c2noc(COC)n2)CC1. The van der Waals surface area contributed by atoms with E-state index in [1.54, 1.807) is 14.2 Å². The van der Waals surface area contributed by atoms with Gasteiger partial charge in [-0.05, 0) is 31.6 Å². The number of ether oxygens (including phenoxy) is 2. The summed E-state index contributed by atoms with van der Waals surface area (Å²) in [4.78, 5) is 18.8. The number of carbonyl (C=O) groups is 1. The van der Waals surface area contributed by atoms with E-state index in [4.69, 9.17) is 14.0 Å². The third-order valence-corrected chi connectivity index (χ3v) is 5.40. The van der Waals surface area contributed by atoms with Gasteiger partial charge in [0.05, 0.1) is 0 Å². The molecule has 0 atom stereocenters. The molecule has 0 spiro atoms. The summed E-state index contributed by atoms with van der Waals surface area (Å²) in [5.74, 6) is 2.07. The van der Waals surface area contributed by atoms with Gasteiger partial charge in [0.2, 0.25) is 0 Å². The van der Waals surface area contributed by atoms with E-state index < -0.39 is 0 Å². The Bertz CT molecular complexity index is 580. The zero-order chi connectivity index (χ0) is 18.4. The second-order valence-corrected chi connectivity index (χ2v) is 7.44. The first-order chi connectivity index (χ1) is 12.7. The van der Waals surface area contributed by atoms with E-state index in [1.807, 2.05) is 4.90 Å². The quantitative estimate of drug-likeness (QED) is 0.673. The molecular weight excluding hydrogens is 336 g/mol. The van der Waals surface area contributed by atoms with E-state index in [9.17, 15) is 4.79 Å². The van der Waals surface area contributed by atoms with E-state index in [2.05, 4.69) is 15.5 Å². The van der Waals surface area contributed by atoms with E-state index in [0.717, 1.165) is 50.5 Å². The van der Waals surface area contributed by atoms with Gasteiger partial charge < -0.3 is 24.2 Å². The molecule has 0 unspecified atom stereocenters. The van der Waals surface area contributed by atoms with Crippen LogP contribution in [0.4, 0.5) is 4.79 Å². The third kappa shape index (κ3) is 4.73. The first-order valence-corrected chi connectivity index (χ1v) is 9.50. The lowest BCUT2D eigenvalue weighted by Crippen LogP contribution is -2.49. The molecule has 8 nitrogen and oxygen atoms in total. The number of nitrogens with zero attached hydrogens (tertiary/aromatic N) is 3. The van der Waals surface area contributed by atoms with Crippen molar-refractivity contribution >= 4 is 6.03 Å². The summed E-state index contributed by atoms with van der Waals surface area (Å²) in [5.41, 5.74) is -0.0799. The highest BCUT2D eigenvalue weighted by atomic mass is 16.5. The maximum atomic E-state index is 12.3. The highest BCUT2D eigenvalue weighted by molar-refractivity contribution is 5.74. The minimum Gasteiger partial charge on any atom is -0.385 e. The monoisotopic (exact) mass is 366 g/mol. The van der Waals surface area contributed by atoms with Crippen LogP contribution >= 0.6 is 0 Å². The zero-order valence-electron chi connectivity index (χ0n) is 15.8. The topological polar surface area (TPSA) is 89.7 Å². The maximum absolute atomic E-state index is 12.3. The van der Waals surface area contributed by atoms with Crippen LogP contribution in [0.2, 0.25) is 0 Å². The second kappa shape index (κ2) is 8.81. The van der Waals surface area contributed by atoms with Crippen molar-refractivity contribution in [2.75, 3.05) is 40.5 Å². The molecule has 1 aromatic heterocycles. The molecule has 2 heterocycles. The Hall–Kier alpha value is -1.67. The van der Waals surface area contributed by atoms with Gasteiger partial charge in [0.25, 0.3) is 5.89 Å². The molecule has 1 aromatic rings. The summed E-state index contributed by atoms with van der Waals surface area (Å²) in [6, 6.07) is 0.00862. The molecule has 1 N–H and O–H groups in total. The van der Waals surface area contributed by atoms with Crippen molar-refractivity contribution in [1.29, 1.82) is 0 Å². The maximum Gasteiger partial charge on any atom is 0.317 e. The van der Waals surface area contributed by atoms with Gasteiger partial charge in [-0.1, -0.05) is 18.0 Å². The number of amides is 2. The summed E-state index contributed by atoms with van der Waals surface area (Å²) in [6.07, 6.45) is 6.24. The van der Waals surface area contributed by atoms with Crippen LogP contribution in [0, 0.1) is 5.92 Å². The van der Waals surface area contributed by atoms with E-state index in [0.29, 0.717) is 25.6 Å². The number of methoxy groups -OCH3 is 2. The van der Waals surface area contributed by atoms with Gasteiger partial charge in [0.15, 0.2) is 5.82 Å². The van der Waals surface area contributed by atoms with Crippen molar-refractivity contribution in [3.8, 4) is 0 Å². The summed E-state index contributed by atoms with van der Waals surface area (Å²) < 4.78 is 15.4. The lowest BCUT2D eigenvalue weighted by atomic mass is 9.73. The molecule has 2 fully saturated rings. The minimum absolute atomic E-state index is 0.00862. The molecule has 1 aliphatic carbocycles. The fourth-order valence-corrected chi connectivity index (χ4v) is 3.71. The largest absolute Gasteiger partial charge is 0.385 e. The smallest absolute Gasteiger partial charge is 0.317 e. The van der Waals surface area contributed by atoms with Crippen LogP contribution in [0.5, 0.6) is 0 Å². The summed E-state index contributed by atoms with van der Waals surface area (Å²) >= 11 is 0. The number of hydrogen-bond donors (Lipinski definition) is 1. The number of urea groups is 1. The molecular formula is C18H30N4O4. The van der Waals surface area contributed by atoms with Crippen LogP contribution in [-0.4, -0.2) is 61.5 Å². The highest BCUT2D eigenvalue weighted by Crippen LogP contribution is 2.46. The van der Waals surface area contributed by atoms with Crippen LogP contribution in [0.15, 0.2) is 4.52 Å². The van der Waals surface area contributed by atoms with Gasteiger partial charge in [-0.25, -0.2) is 4.79 Å². The Morgan fingerprint density at radius 2 is 2.08 bits per heavy atom. The van der Waals surface area contributed by atoms with Crippen molar-refractivity contribution < 1.29 is 18.8 Å². The number of likely N-dealkylation sites (tertiary alicyclic amines) is 1. The minimum atomic E-state index is -0.0799. The molecule has 1 aliphatic heterocycles. The summed E-state index contributed by atoms with van der Waals surface area (Å²) in [5, 5.41) is 7.22. The number of hydrogen-bond acceptors (Lipinski definition) is 6. The highest BCUT2D eigenvalue weighted by Gasteiger charge is 2.44. The van der Waals surface area contributed by atoms with Crippen LogP contribution in [0.1, 0.15) is 50.2 Å². The number of piperidine rings is 1. The summed E-state index contributed by atoms with van der Waals surface area (Å²) in [6.45, 7) is 3.07. The molecule has 1 saturated heterocycles. The predicted octanol–water partition coefficient (Wildman–Crippen LogP) is 2.10. The molecule has 8 heteroatoms. The van der Waals surface area contributed by atoms with E-state index >= 15 is 0 Å². The van der Waals surface area contributed by atoms with Crippen LogP contribution in [0.25, 0.3) is 0 Å². The Morgan fingerprint density at radius 1 is 1.31 bits per heavy atom. The Morgan fingerprint density at radius 3 is 2.73 bits per heavy atom. The molecule has 0 bridgehead atoms. The first kappa shape index (κ1) is 19.1. The fourth-order valence-electron chi connectivity index (χ4n) is 3.71. The van der Waals surface area contributed by atoms with Gasteiger partial charge in [0.1, 0.15) is 6.61 Å². The molecule has 26 heavy (non-hydrogen) atoms. The Kier molecular flexibility index (Phi) is 6.48. The molecule has 2 aliphatic rings. The lowest BCUT2D eigenvalue weighted by molar-refractivity contribution is 0.142. The van der Waals surface area contributed by atoms with Crippen molar-refractivity contribution in [3.63, 3.8) is 0 Å². The van der Waals surface area contributed by atoms with Crippen molar-refractivity contribution in [2.24, 2.45) is 5.92 Å². The Labute approximate surface area is 154 Å². The van der Waals surface area contributed by atoms with E-state index in [-0.39, 0.29) is 11.4 Å². The van der Waals surface area contributed by atoms with Gasteiger partial charge in [-0.3, -0.25) is 0 Å². The van der Waals surface area contributed by atoms with Crippen LogP contribution in [0.3, 0.4) is 0 Å². The van der Waals surface area contributed by atoms with Crippen LogP contribution < -0.4 is 5.32 Å². The van der Waals surface area contributed by atoms with E-state index in [1.165, 1.54) is 12.8 Å². The standard InChI is InChI=1S/C18H30N4O4/c1-24-11-3-8-19-17(23)22-9-6-18(7-10-22,12-14-4-5-14)16-20-15(13-25-2)26-21-16/h14H,3-13H2,1-2H3,(H,19,23).